The molecule has 6 heteroatoms. The molecular formula is C31H37ClN2O3. The van der Waals surface area contributed by atoms with Crippen molar-refractivity contribution in [2.75, 3.05) is 13.7 Å². The van der Waals surface area contributed by atoms with Crippen molar-refractivity contribution in [3.8, 4) is 11.5 Å². The first-order valence-corrected chi connectivity index (χ1v) is 13.7. The second kappa shape index (κ2) is 11.0. The van der Waals surface area contributed by atoms with Gasteiger partial charge in [0.2, 0.25) is 0 Å². The number of benzene rings is 2. The molecular weight excluding hydrogens is 484 g/mol. The summed E-state index contributed by atoms with van der Waals surface area (Å²) in [5, 5.41) is 12.3. The molecule has 1 N–H and O–H groups in total. The minimum atomic E-state index is -0.849. The Hall–Kier alpha value is -2.60. The van der Waals surface area contributed by atoms with Crippen molar-refractivity contribution in [1.82, 2.24) is 9.88 Å². The standard InChI is InChI=1S/C31H37ClN2O3/c1-21-22(2)29(37-16-6-8-25-7-4-5-15-33-25)14-9-23(21)20-34-26-11-12-27(34)19-31(35,18-26)24-10-13-28(32)30(17-24)36-3/h4-5,7,9-10,13-15,17,26-27,35H,6,8,11-12,16,18-20H2,1-3H3. The number of aromatic nitrogens is 1. The molecule has 2 aliphatic heterocycles. The van der Waals surface area contributed by atoms with Crippen LogP contribution >= 0.6 is 11.6 Å². The minimum absolute atomic E-state index is 0.354. The molecule has 5 nitrogen and oxygen atoms in total. The molecule has 2 unspecified atom stereocenters. The maximum atomic E-state index is 11.7. The fourth-order valence-corrected chi connectivity index (χ4v) is 6.31. The van der Waals surface area contributed by atoms with Crippen molar-refractivity contribution in [3.63, 3.8) is 0 Å². The van der Waals surface area contributed by atoms with Gasteiger partial charge < -0.3 is 14.6 Å². The topological polar surface area (TPSA) is 54.8 Å². The second-order valence-electron chi connectivity index (χ2n) is 10.6. The number of piperidine rings is 1. The van der Waals surface area contributed by atoms with Gasteiger partial charge in [0.15, 0.2) is 0 Å². The van der Waals surface area contributed by atoms with Gasteiger partial charge in [-0.05, 0) is 105 Å². The highest BCUT2D eigenvalue weighted by molar-refractivity contribution is 6.32. The molecule has 0 spiro atoms. The van der Waals surface area contributed by atoms with E-state index in [1.54, 1.807) is 7.11 Å². The van der Waals surface area contributed by atoms with Gasteiger partial charge in [0.05, 0.1) is 24.3 Å². The number of fused-ring (bicyclic) bond motifs is 2. The molecule has 0 amide bonds. The van der Waals surface area contributed by atoms with Gasteiger partial charge in [0.25, 0.3) is 0 Å². The summed E-state index contributed by atoms with van der Waals surface area (Å²) in [4.78, 5) is 7.00. The van der Waals surface area contributed by atoms with E-state index in [1.165, 1.54) is 16.7 Å². The van der Waals surface area contributed by atoms with Gasteiger partial charge in [-0.2, -0.15) is 0 Å². The van der Waals surface area contributed by atoms with Crippen LogP contribution < -0.4 is 9.47 Å². The Morgan fingerprint density at radius 3 is 2.51 bits per heavy atom. The first-order valence-electron chi connectivity index (χ1n) is 13.3. The quantitative estimate of drug-likeness (QED) is 0.331. The van der Waals surface area contributed by atoms with Crippen molar-refractivity contribution < 1.29 is 14.6 Å². The summed E-state index contributed by atoms with van der Waals surface area (Å²) in [6, 6.07) is 16.8. The van der Waals surface area contributed by atoms with Crippen LogP contribution in [0, 0.1) is 13.8 Å². The molecule has 2 atom stereocenters. The lowest BCUT2D eigenvalue weighted by molar-refractivity contribution is -0.0596. The average molecular weight is 521 g/mol. The molecule has 2 bridgehead atoms. The van der Waals surface area contributed by atoms with E-state index in [2.05, 4.69) is 41.9 Å². The zero-order valence-electron chi connectivity index (χ0n) is 22.0. The number of pyridine rings is 1. The molecule has 196 valence electrons. The third-order valence-electron chi connectivity index (χ3n) is 8.37. The Labute approximate surface area is 225 Å². The number of methoxy groups -OCH3 is 1. The van der Waals surface area contributed by atoms with Crippen LogP contribution in [0.5, 0.6) is 11.5 Å². The average Bonchev–Trinajstić information content (AvgIpc) is 3.15. The van der Waals surface area contributed by atoms with Gasteiger partial charge in [-0.15, -0.1) is 0 Å². The van der Waals surface area contributed by atoms with Crippen molar-refractivity contribution in [2.24, 2.45) is 0 Å². The molecule has 2 saturated heterocycles. The summed E-state index contributed by atoms with van der Waals surface area (Å²) in [7, 11) is 1.62. The predicted molar refractivity (Wildman–Crippen MR) is 147 cm³/mol. The normalized spacial score (nSPS) is 23.3. The van der Waals surface area contributed by atoms with E-state index in [1.807, 2.05) is 36.5 Å². The third kappa shape index (κ3) is 5.50. The van der Waals surface area contributed by atoms with E-state index in [-0.39, 0.29) is 0 Å². The maximum Gasteiger partial charge on any atom is 0.137 e. The van der Waals surface area contributed by atoms with Crippen molar-refractivity contribution in [3.05, 3.63) is 87.7 Å². The van der Waals surface area contributed by atoms with Gasteiger partial charge in [0, 0.05) is 30.5 Å². The lowest BCUT2D eigenvalue weighted by Crippen LogP contribution is -2.49. The van der Waals surface area contributed by atoms with Gasteiger partial charge in [-0.3, -0.25) is 9.88 Å². The monoisotopic (exact) mass is 520 g/mol. The van der Waals surface area contributed by atoms with Gasteiger partial charge >= 0.3 is 0 Å². The van der Waals surface area contributed by atoms with Crippen LogP contribution in [0.2, 0.25) is 5.02 Å². The number of nitrogens with zero attached hydrogens (tertiary/aromatic N) is 2. The minimum Gasteiger partial charge on any atom is -0.495 e. The Balaban J connectivity index is 1.22. The van der Waals surface area contributed by atoms with Crippen LogP contribution in [0.4, 0.5) is 0 Å². The molecule has 1 aromatic heterocycles. The number of hydrogen-bond donors (Lipinski definition) is 1. The fourth-order valence-electron chi connectivity index (χ4n) is 6.12. The molecule has 5 rings (SSSR count). The predicted octanol–water partition coefficient (Wildman–Crippen LogP) is 6.39. The SMILES string of the molecule is COc1cc(C2(O)CC3CCC(C2)N3Cc2ccc(OCCCc3ccccn3)c(C)c2C)ccc1Cl. The summed E-state index contributed by atoms with van der Waals surface area (Å²) in [5.41, 5.74) is 5.01. The second-order valence-corrected chi connectivity index (χ2v) is 11.0. The van der Waals surface area contributed by atoms with E-state index in [9.17, 15) is 5.11 Å². The number of aliphatic hydroxyl groups is 1. The largest absolute Gasteiger partial charge is 0.495 e. The van der Waals surface area contributed by atoms with Gasteiger partial charge in [-0.1, -0.05) is 29.8 Å². The number of hydrogen-bond acceptors (Lipinski definition) is 5. The van der Waals surface area contributed by atoms with Crippen LogP contribution in [0.3, 0.4) is 0 Å². The molecule has 0 aliphatic carbocycles. The van der Waals surface area contributed by atoms with E-state index in [0.717, 1.165) is 62.1 Å². The van der Waals surface area contributed by atoms with Crippen molar-refractivity contribution in [1.29, 1.82) is 0 Å². The summed E-state index contributed by atoms with van der Waals surface area (Å²) in [6.07, 6.45) is 7.39. The van der Waals surface area contributed by atoms with Crippen molar-refractivity contribution >= 4 is 11.6 Å². The molecule has 0 radical (unpaired) electrons. The molecule has 2 aromatic carbocycles. The zero-order chi connectivity index (χ0) is 26.0. The maximum absolute atomic E-state index is 11.7. The number of aryl methyl sites for hydroxylation is 1. The van der Waals surface area contributed by atoms with Gasteiger partial charge in [0.1, 0.15) is 11.5 Å². The summed E-state index contributed by atoms with van der Waals surface area (Å²) in [5.74, 6) is 1.59. The highest BCUT2D eigenvalue weighted by atomic mass is 35.5. The van der Waals surface area contributed by atoms with Crippen LogP contribution in [-0.4, -0.2) is 40.8 Å². The molecule has 37 heavy (non-hydrogen) atoms. The highest BCUT2D eigenvalue weighted by Gasteiger charge is 2.48. The first-order chi connectivity index (χ1) is 17.9. The van der Waals surface area contributed by atoms with E-state index >= 15 is 0 Å². The Kier molecular flexibility index (Phi) is 7.75. The Morgan fingerprint density at radius 1 is 1.03 bits per heavy atom. The van der Waals surface area contributed by atoms with Crippen LogP contribution in [0.25, 0.3) is 0 Å². The lowest BCUT2D eigenvalue weighted by Gasteiger charge is -2.44. The van der Waals surface area contributed by atoms with E-state index in [4.69, 9.17) is 21.1 Å². The number of rotatable bonds is 9. The molecule has 3 aromatic rings. The summed E-state index contributed by atoms with van der Waals surface area (Å²) in [6.45, 7) is 5.94. The number of ether oxygens (including phenoxy) is 2. The molecule has 3 heterocycles. The highest BCUT2D eigenvalue weighted by Crippen LogP contribution is 2.47. The number of halogens is 1. The van der Waals surface area contributed by atoms with E-state index in [0.29, 0.717) is 29.5 Å². The van der Waals surface area contributed by atoms with Crippen LogP contribution in [-0.2, 0) is 18.6 Å². The fraction of sp³-hybridized carbons (Fsp3) is 0.452. The Morgan fingerprint density at radius 2 is 1.81 bits per heavy atom. The molecule has 0 saturated carbocycles. The van der Waals surface area contributed by atoms with Crippen molar-refractivity contribution in [2.45, 2.75) is 76.6 Å². The molecule has 2 fully saturated rings. The summed E-state index contributed by atoms with van der Waals surface area (Å²) >= 11 is 6.24. The first kappa shape index (κ1) is 26.0. The van der Waals surface area contributed by atoms with Crippen LogP contribution in [0.15, 0.2) is 54.7 Å². The lowest BCUT2D eigenvalue weighted by atomic mass is 9.80. The zero-order valence-corrected chi connectivity index (χ0v) is 22.8. The summed E-state index contributed by atoms with van der Waals surface area (Å²) < 4.78 is 11.6. The van der Waals surface area contributed by atoms with Crippen LogP contribution in [0.1, 0.15) is 60.1 Å². The third-order valence-corrected chi connectivity index (χ3v) is 8.68. The molecule has 2 aliphatic rings. The Bertz CT molecular complexity index is 1220. The van der Waals surface area contributed by atoms with Gasteiger partial charge in [-0.25, -0.2) is 0 Å². The smallest absolute Gasteiger partial charge is 0.137 e. The van der Waals surface area contributed by atoms with E-state index < -0.39 is 5.60 Å².